The number of imidazole rings is 1. The minimum atomic E-state index is 0.624. The van der Waals surface area contributed by atoms with Crippen LogP contribution in [0.5, 0.6) is 28.7 Å². The second-order valence-electron chi connectivity index (χ2n) is 9.68. The molecule has 0 aliphatic carbocycles. The predicted molar refractivity (Wildman–Crippen MR) is 155 cm³/mol. The molecule has 0 saturated carbocycles. The average Bonchev–Trinajstić information content (AvgIpc) is 3.34. The SMILES string of the molecule is CCCCn1c(-c2cccc(Oc3ccc(OC)c(OC)c3)c2)nc2ccc(OCCN3CCNCC3)cc21. The van der Waals surface area contributed by atoms with Crippen molar-refractivity contribution in [2.45, 2.75) is 26.3 Å². The maximum atomic E-state index is 6.19. The Balaban J connectivity index is 1.38. The molecule has 1 saturated heterocycles. The molecule has 1 aliphatic rings. The van der Waals surface area contributed by atoms with E-state index < -0.39 is 0 Å². The Morgan fingerprint density at radius 2 is 1.64 bits per heavy atom. The number of methoxy groups -OCH3 is 2. The predicted octanol–water partition coefficient (Wildman–Crippen LogP) is 5.60. The molecular weight excluding hydrogens is 492 g/mol. The number of nitrogens with one attached hydrogen (secondary N) is 1. The number of aryl methyl sites for hydroxylation is 1. The third-order valence-electron chi connectivity index (χ3n) is 7.02. The van der Waals surface area contributed by atoms with Gasteiger partial charge in [-0.1, -0.05) is 25.5 Å². The second-order valence-corrected chi connectivity index (χ2v) is 9.68. The van der Waals surface area contributed by atoms with Crippen LogP contribution in [-0.2, 0) is 6.54 Å². The molecule has 0 atom stereocenters. The molecule has 3 aromatic carbocycles. The Kier molecular flexibility index (Phi) is 8.85. The van der Waals surface area contributed by atoms with Gasteiger partial charge in [0.25, 0.3) is 0 Å². The largest absolute Gasteiger partial charge is 0.493 e. The molecular formula is C31H38N4O4. The van der Waals surface area contributed by atoms with Crippen LogP contribution in [0.15, 0.2) is 60.7 Å². The quantitative estimate of drug-likeness (QED) is 0.256. The zero-order valence-electron chi connectivity index (χ0n) is 23.1. The molecule has 8 nitrogen and oxygen atoms in total. The van der Waals surface area contributed by atoms with Gasteiger partial charge < -0.3 is 28.8 Å². The van der Waals surface area contributed by atoms with Crippen molar-refractivity contribution in [3.8, 4) is 40.1 Å². The van der Waals surface area contributed by atoms with E-state index in [0.29, 0.717) is 23.9 Å². The van der Waals surface area contributed by atoms with Gasteiger partial charge in [0.05, 0.1) is 25.3 Å². The van der Waals surface area contributed by atoms with Crippen molar-refractivity contribution in [1.82, 2.24) is 19.8 Å². The monoisotopic (exact) mass is 530 g/mol. The summed E-state index contributed by atoms with van der Waals surface area (Å²) in [6.45, 7) is 8.95. The molecule has 1 fully saturated rings. The lowest BCUT2D eigenvalue weighted by atomic mass is 10.2. The Morgan fingerprint density at radius 3 is 2.44 bits per heavy atom. The molecule has 0 spiro atoms. The third-order valence-corrected chi connectivity index (χ3v) is 7.02. The van der Waals surface area contributed by atoms with E-state index in [-0.39, 0.29) is 0 Å². The first-order valence-corrected chi connectivity index (χ1v) is 13.7. The Morgan fingerprint density at radius 1 is 0.846 bits per heavy atom. The van der Waals surface area contributed by atoms with E-state index in [2.05, 4.69) is 39.9 Å². The molecule has 5 rings (SSSR count). The topological polar surface area (TPSA) is 70.0 Å². The molecule has 0 radical (unpaired) electrons. The van der Waals surface area contributed by atoms with E-state index in [0.717, 1.165) is 86.0 Å². The van der Waals surface area contributed by atoms with Crippen molar-refractivity contribution < 1.29 is 18.9 Å². The number of piperazine rings is 1. The van der Waals surface area contributed by atoms with Gasteiger partial charge in [0.2, 0.25) is 0 Å². The number of hydrogen-bond donors (Lipinski definition) is 1. The molecule has 0 amide bonds. The number of fused-ring (bicyclic) bond motifs is 1. The minimum absolute atomic E-state index is 0.624. The van der Waals surface area contributed by atoms with Crippen LogP contribution in [0, 0.1) is 0 Å². The molecule has 0 bridgehead atoms. The van der Waals surface area contributed by atoms with Crippen LogP contribution >= 0.6 is 0 Å². The van der Waals surface area contributed by atoms with Crippen LogP contribution in [0.4, 0.5) is 0 Å². The van der Waals surface area contributed by atoms with E-state index in [1.54, 1.807) is 14.2 Å². The lowest BCUT2D eigenvalue weighted by Gasteiger charge is -2.26. The van der Waals surface area contributed by atoms with E-state index in [9.17, 15) is 0 Å². The van der Waals surface area contributed by atoms with E-state index in [4.69, 9.17) is 23.9 Å². The molecule has 206 valence electrons. The highest BCUT2D eigenvalue weighted by atomic mass is 16.5. The van der Waals surface area contributed by atoms with Gasteiger partial charge in [-0.15, -0.1) is 0 Å². The van der Waals surface area contributed by atoms with Crippen LogP contribution in [0.1, 0.15) is 19.8 Å². The fourth-order valence-electron chi connectivity index (χ4n) is 4.90. The van der Waals surface area contributed by atoms with Crippen molar-refractivity contribution in [2.75, 3.05) is 53.6 Å². The van der Waals surface area contributed by atoms with Gasteiger partial charge in [0, 0.05) is 57.0 Å². The normalized spacial score (nSPS) is 13.9. The molecule has 2 heterocycles. The van der Waals surface area contributed by atoms with Gasteiger partial charge in [0.1, 0.15) is 29.7 Å². The standard InChI is InChI=1S/C31H38N4O4/c1-4-5-15-35-28-21-24(38-19-18-34-16-13-32-14-17-34)9-11-27(28)33-31(35)23-7-6-8-25(20-23)39-26-10-12-29(36-2)30(22-26)37-3/h6-12,20-22,32H,4-5,13-19H2,1-3H3. The molecule has 1 aromatic heterocycles. The van der Waals surface area contributed by atoms with Crippen molar-refractivity contribution in [2.24, 2.45) is 0 Å². The van der Waals surface area contributed by atoms with E-state index >= 15 is 0 Å². The van der Waals surface area contributed by atoms with E-state index in [1.807, 2.05) is 42.5 Å². The van der Waals surface area contributed by atoms with Crippen molar-refractivity contribution in [3.05, 3.63) is 60.7 Å². The summed E-state index contributed by atoms with van der Waals surface area (Å²) in [4.78, 5) is 7.47. The second kappa shape index (κ2) is 12.9. The van der Waals surface area contributed by atoms with Crippen LogP contribution < -0.4 is 24.3 Å². The summed E-state index contributed by atoms with van der Waals surface area (Å²) >= 11 is 0. The number of ether oxygens (including phenoxy) is 4. The Hall–Kier alpha value is -3.75. The molecule has 39 heavy (non-hydrogen) atoms. The smallest absolute Gasteiger partial charge is 0.164 e. The maximum absolute atomic E-state index is 6.19. The van der Waals surface area contributed by atoms with Crippen LogP contribution in [0.3, 0.4) is 0 Å². The number of unbranched alkanes of at least 4 members (excludes halogenated alkanes) is 1. The van der Waals surface area contributed by atoms with Gasteiger partial charge >= 0.3 is 0 Å². The van der Waals surface area contributed by atoms with E-state index in [1.165, 1.54) is 0 Å². The number of benzene rings is 3. The zero-order valence-corrected chi connectivity index (χ0v) is 23.1. The summed E-state index contributed by atoms with van der Waals surface area (Å²) in [7, 11) is 3.24. The van der Waals surface area contributed by atoms with Crippen molar-refractivity contribution >= 4 is 11.0 Å². The van der Waals surface area contributed by atoms with Gasteiger partial charge in [-0.05, 0) is 42.8 Å². The summed E-state index contributed by atoms with van der Waals surface area (Å²) < 4.78 is 25.4. The fraction of sp³-hybridized carbons (Fsp3) is 0.387. The lowest BCUT2D eigenvalue weighted by Crippen LogP contribution is -2.44. The highest BCUT2D eigenvalue weighted by molar-refractivity contribution is 5.82. The fourth-order valence-corrected chi connectivity index (χ4v) is 4.90. The highest BCUT2D eigenvalue weighted by Crippen LogP contribution is 2.35. The first-order valence-electron chi connectivity index (χ1n) is 13.7. The van der Waals surface area contributed by atoms with Crippen molar-refractivity contribution in [1.29, 1.82) is 0 Å². The number of aromatic nitrogens is 2. The molecule has 1 aliphatic heterocycles. The summed E-state index contributed by atoms with van der Waals surface area (Å²) in [6, 6.07) is 19.8. The van der Waals surface area contributed by atoms with Gasteiger partial charge in [-0.3, -0.25) is 4.90 Å². The van der Waals surface area contributed by atoms with Gasteiger partial charge in [0.15, 0.2) is 11.5 Å². The molecule has 8 heteroatoms. The van der Waals surface area contributed by atoms with Crippen molar-refractivity contribution in [3.63, 3.8) is 0 Å². The third kappa shape index (κ3) is 6.46. The molecule has 4 aromatic rings. The summed E-state index contributed by atoms with van der Waals surface area (Å²) in [6.07, 6.45) is 2.16. The number of hydrogen-bond acceptors (Lipinski definition) is 7. The first-order chi connectivity index (χ1) is 19.2. The summed E-state index contributed by atoms with van der Waals surface area (Å²) in [5.41, 5.74) is 3.05. The van der Waals surface area contributed by atoms with Crippen LogP contribution in [0.25, 0.3) is 22.4 Å². The summed E-state index contributed by atoms with van der Waals surface area (Å²) in [5.74, 6) is 4.49. The maximum Gasteiger partial charge on any atom is 0.164 e. The van der Waals surface area contributed by atoms with Gasteiger partial charge in [-0.2, -0.15) is 0 Å². The molecule has 0 unspecified atom stereocenters. The van der Waals surface area contributed by atoms with Gasteiger partial charge in [-0.25, -0.2) is 4.98 Å². The Bertz CT molecular complexity index is 1380. The first kappa shape index (κ1) is 26.8. The Labute approximate surface area is 230 Å². The number of nitrogens with zero attached hydrogens (tertiary/aromatic N) is 3. The highest BCUT2D eigenvalue weighted by Gasteiger charge is 2.15. The average molecular weight is 531 g/mol. The van der Waals surface area contributed by atoms with Crippen LogP contribution in [-0.4, -0.2) is 68.0 Å². The van der Waals surface area contributed by atoms with Crippen LogP contribution in [0.2, 0.25) is 0 Å². The zero-order chi connectivity index (χ0) is 27.0. The summed E-state index contributed by atoms with van der Waals surface area (Å²) in [5, 5.41) is 3.40. The lowest BCUT2D eigenvalue weighted by molar-refractivity contribution is 0.191. The minimum Gasteiger partial charge on any atom is -0.493 e. The molecule has 1 N–H and O–H groups in total. The number of rotatable bonds is 12.